The first-order valence-electron chi connectivity index (χ1n) is 12.0. The van der Waals surface area contributed by atoms with E-state index in [9.17, 15) is 24.3 Å². The largest absolute Gasteiger partial charge is 0.466 e. The molecule has 0 aliphatic rings. The highest BCUT2D eigenvalue weighted by Gasteiger charge is 2.54. The first kappa shape index (κ1) is 30.0. The highest BCUT2D eigenvalue weighted by Crippen LogP contribution is 2.27. The minimum Gasteiger partial charge on any atom is -0.466 e. The molecular formula is C24H42O8. The van der Waals surface area contributed by atoms with Gasteiger partial charge in [0.15, 0.2) is 11.5 Å². The Bertz CT molecular complexity index is 574. The smallest absolute Gasteiger partial charge is 0.340 e. The van der Waals surface area contributed by atoms with E-state index in [4.69, 9.17) is 14.2 Å². The van der Waals surface area contributed by atoms with Gasteiger partial charge >= 0.3 is 17.9 Å². The van der Waals surface area contributed by atoms with Crippen LogP contribution in [0.4, 0.5) is 0 Å². The van der Waals surface area contributed by atoms with Crippen LogP contribution in [0.5, 0.6) is 0 Å². The molecule has 32 heavy (non-hydrogen) atoms. The van der Waals surface area contributed by atoms with Crippen LogP contribution in [-0.4, -0.2) is 54.2 Å². The number of aliphatic hydroxyl groups is 1. The molecule has 0 amide bonds. The molecule has 0 saturated heterocycles. The van der Waals surface area contributed by atoms with Gasteiger partial charge in [-0.25, -0.2) is 4.79 Å². The summed E-state index contributed by atoms with van der Waals surface area (Å²) in [6.45, 7) is 7.26. The molecule has 0 radical (unpaired) electrons. The number of carbonyl (C=O) groups is 4. The zero-order valence-electron chi connectivity index (χ0n) is 20.3. The second-order valence-corrected chi connectivity index (χ2v) is 8.14. The molecule has 2 unspecified atom stereocenters. The molecule has 2 atom stereocenters. The van der Waals surface area contributed by atoms with E-state index in [-0.39, 0.29) is 19.8 Å². The molecule has 0 aromatic heterocycles. The van der Waals surface area contributed by atoms with E-state index in [0.29, 0.717) is 19.3 Å². The maximum absolute atomic E-state index is 12.7. The maximum atomic E-state index is 12.7. The van der Waals surface area contributed by atoms with Gasteiger partial charge in [-0.05, 0) is 26.2 Å². The van der Waals surface area contributed by atoms with Gasteiger partial charge in [-0.15, -0.1) is 0 Å². The van der Waals surface area contributed by atoms with Crippen LogP contribution in [-0.2, 0) is 33.4 Å². The molecule has 0 saturated carbocycles. The van der Waals surface area contributed by atoms with Crippen molar-refractivity contribution in [3.05, 3.63) is 0 Å². The van der Waals surface area contributed by atoms with Crippen LogP contribution < -0.4 is 0 Å². The predicted octanol–water partition coefficient (Wildman–Crippen LogP) is 3.90. The average molecular weight is 459 g/mol. The third-order valence-electron chi connectivity index (χ3n) is 5.12. The molecule has 0 fully saturated rings. The average Bonchev–Trinajstić information content (AvgIpc) is 2.73. The van der Waals surface area contributed by atoms with E-state index >= 15 is 0 Å². The molecule has 1 N–H and O–H groups in total. The number of ether oxygens (including phenoxy) is 3. The summed E-state index contributed by atoms with van der Waals surface area (Å²) in [5.74, 6) is -5.76. The highest BCUT2D eigenvalue weighted by atomic mass is 16.6. The van der Waals surface area contributed by atoms with Crippen LogP contribution in [0.15, 0.2) is 0 Å². The van der Waals surface area contributed by atoms with Crippen LogP contribution in [0.3, 0.4) is 0 Å². The van der Waals surface area contributed by atoms with Gasteiger partial charge in [-0.3, -0.25) is 14.4 Å². The monoisotopic (exact) mass is 458 g/mol. The van der Waals surface area contributed by atoms with Gasteiger partial charge in [-0.2, -0.15) is 0 Å². The second-order valence-electron chi connectivity index (χ2n) is 8.14. The minimum atomic E-state index is -2.68. The van der Waals surface area contributed by atoms with Gasteiger partial charge in [0.25, 0.3) is 0 Å². The van der Waals surface area contributed by atoms with Crippen molar-refractivity contribution >= 4 is 23.7 Å². The molecule has 8 nitrogen and oxygen atoms in total. The predicted molar refractivity (Wildman–Crippen MR) is 120 cm³/mol. The van der Waals surface area contributed by atoms with Crippen LogP contribution in [0.2, 0.25) is 0 Å². The van der Waals surface area contributed by atoms with Crippen molar-refractivity contribution in [1.82, 2.24) is 0 Å². The molecule has 0 bridgehead atoms. The lowest BCUT2D eigenvalue weighted by atomic mass is 9.81. The van der Waals surface area contributed by atoms with Gasteiger partial charge in [0.2, 0.25) is 0 Å². The molecule has 0 rings (SSSR count). The van der Waals surface area contributed by atoms with Crippen molar-refractivity contribution in [1.29, 1.82) is 0 Å². The molecule has 0 aliphatic carbocycles. The lowest BCUT2D eigenvalue weighted by Gasteiger charge is -2.30. The number of hydrogen-bond donors (Lipinski definition) is 1. The molecule has 0 spiro atoms. The van der Waals surface area contributed by atoms with Crippen molar-refractivity contribution < 1.29 is 38.5 Å². The lowest BCUT2D eigenvalue weighted by molar-refractivity contribution is -0.187. The highest BCUT2D eigenvalue weighted by molar-refractivity contribution is 6.05. The Hall–Kier alpha value is -1.96. The van der Waals surface area contributed by atoms with Crippen LogP contribution in [0.1, 0.15) is 98.3 Å². The van der Waals surface area contributed by atoms with Crippen LogP contribution in [0.25, 0.3) is 0 Å². The Kier molecular flexibility index (Phi) is 16.5. The zero-order valence-corrected chi connectivity index (χ0v) is 20.3. The molecule has 8 heteroatoms. The fourth-order valence-corrected chi connectivity index (χ4v) is 3.19. The van der Waals surface area contributed by atoms with Crippen molar-refractivity contribution in [3.8, 4) is 0 Å². The van der Waals surface area contributed by atoms with Gasteiger partial charge in [-0.1, -0.05) is 65.7 Å². The van der Waals surface area contributed by atoms with E-state index in [0.717, 1.165) is 51.9 Å². The van der Waals surface area contributed by atoms with Crippen molar-refractivity contribution in [3.63, 3.8) is 0 Å². The second kappa shape index (κ2) is 17.6. The Labute approximate surface area is 192 Å². The molecule has 186 valence electrons. The standard InChI is InChI=1S/C24H42O8/c1-5-8-11-13-16-30-20(26)18-24(29,23(28)32-15-10-7-3)21(19(4)25)22(27)31-17-14-12-9-6-2/h21,29H,5-18H2,1-4H3. The topological polar surface area (TPSA) is 116 Å². The number of esters is 3. The maximum Gasteiger partial charge on any atom is 0.340 e. The molecule has 0 aromatic carbocycles. The lowest BCUT2D eigenvalue weighted by Crippen LogP contribution is -2.55. The fourth-order valence-electron chi connectivity index (χ4n) is 3.19. The zero-order chi connectivity index (χ0) is 24.4. The van der Waals surface area contributed by atoms with E-state index in [2.05, 4.69) is 6.92 Å². The van der Waals surface area contributed by atoms with Crippen molar-refractivity contribution in [2.75, 3.05) is 19.8 Å². The quantitative estimate of drug-likeness (QED) is 0.134. The summed E-state index contributed by atoms with van der Waals surface area (Å²) in [5.41, 5.74) is -2.68. The third-order valence-corrected chi connectivity index (χ3v) is 5.12. The number of Topliss-reactive ketones (excluding diaryl/α,β-unsaturated/α-hetero) is 1. The molecular weight excluding hydrogens is 416 g/mol. The van der Waals surface area contributed by atoms with Crippen molar-refractivity contribution in [2.24, 2.45) is 5.92 Å². The number of rotatable bonds is 19. The number of unbranched alkanes of at least 4 members (excludes halogenated alkanes) is 7. The van der Waals surface area contributed by atoms with Gasteiger partial charge in [0.05, 0.1) is 26.2 Å². The van der Waals surface area contributed by atoms with Gasteiger partial charge in [0.1, 0.15) is 5.78 Å². The summed E-state index contributed by atoms with van der Waals surface area (Å²) < 4.78 is 15.4. The summed E-state index contributed by atoms with van der Waals surface area (Å²) in [4.78, 5) is 50.0. The summed E-state index contributed by atoms with van der Waals surface area (Å²) in [6.07, 6.45) is 7.41. The Balaban J connectivity index is 5.36. The number of carbonyl (C=O) groups excluding carboxylic acids is 4. The summed E-state index contributed by atoms with van der Waals surface area (Å²) in [7, 11) is 0. The molecule has 0 aromatic rings. The van der Waals surface area contributed by atoms with E-state index in [1.807, 2.05) is 13.8 Å². The van der Waals surface area contributed by atoms with E-state index in [1.165, 1.54) is 0 Å². The Morgan fingerprint density at radius 1 is 0.719 bits per heavy atom. The number of ketones is 1. The molecule has 0 aliphatic heterocycles. The fraction of sp³-hybridized carbons (Fsp3) is 0.833. The first-order valence-corrected chi connectivity index (χ1v) is 12.0. The van der Waals surface area contributed by atoms with Crippen LogP contribution >= 0.6 is 0 Å². The Morgan fingerprint density at radius 3 is 1.72 bits per heavy atom. The van der Waals surface area contributed by atoms with E-state index in [1.54, 1.807) is 0 Å². The van der Waals surface area contributed by atoms with E-state index < -0.39 is 41.6 Å². The SMILES string of the molecule is CCCCCCOC(=O)CC(O)(C(=O)OCCCC)C(C(C)=O)C(=O)OCCCCCC. The van der Waals surface area contributed by atoms with Crippen LogP contribution in [0, 0.1) is 5.92 Å². The molecule has 0 heterocycles. The van der Waals surface area contributed by atoms with Crippen molar-refractivity contribution in [2.45, 2.75) is 104 Å². The summed E-state index contributed by atoms with van der Waals surface area (Å²) >= 11 is 0. The minimum absolute atomic E-state index is 0.000396. The number of hydrogen-bond acceptors (Lipinski definition) is 8. The first-order chi connectivity index (χ1) is 15.2. The Morgan fingerprint density at radius 2 is 1.22 bits per heavy atom. The van der Waals surface area contributed by atoms with Gasteiger partial charge in [0, 0.05) is 0 Å². The summed E-state index contributed by atoms with van der Waals surface area (Å²) in [6, 6.07) is 0. The third kappa shape index (κ3) is 11.6. The normalized spacial score (nSPS) is 13.7. The summed E-state index contributed by atoms with van der Waals surface area (Å²) in [5, 5.41) is 11.1. The van der Waals surface area contributed by atoms with Gasteiger partial charge < -0.3 is 19.3 Å².